The summed E-state index contributed by atoms with van der Waals surface area (Å²) in [5.74, 6) is 0. The van der Waals surface area contributed by atoms with Crippen LogP contribution in [-0.2, 0) is 21.1 Å². The summed E-state index contributed by atoms with van der Waals surface area (Å²) in [5.41, 5.74) is 0. The molecular formula is C2H10N2Pt. The molecule has 0 saturated carbocycles. The molecule has 0 fully saturated rings. The summed E-state index contributed by atoms with van der Waals surface area (Å²) in [6.07, 6.45) is 0. The molecule has 0 aromatic heterocycles. The Morgan fingerprint density at radius 3 is 0.800 bits per heavy atom. The first-order valence-corrected chi connectivity index (χ1v) is 0.500. The Morgan fingerprint density at radius 2 is 0.800 bits per heavy atom. The Balaban J connectivity index is -0.00000000167. The van der Waals surface area contributed by atoms with Crippen LogP contribution in [0, 0.1) is 0 Å². The van der Waals surface area contributed by atoms with Crippen LogP contribution in [0.4, 0.5) is 0 Å². The van der Waals surface area contributed by atoms with E-state index in [0.29, 0.717) is 0 Å². The van der Waals surface area contributed by atoms with Gasteiger partial charge in [0.25, 0.3) is 0 Å². The third kappa shape index (κ3) is 198. The van der Waals surface area contributed by atoms with E-state index in [1.165, 1.54) is 0 Å². The van der Waals surface area contributed by atoms with E-state index in [1.54, 1.807) is 0 Å². The molecular weight excluding hydrogens is 247 g/mol. The van der Waals surface area contributed by atoms with Crippen LogP contribution >= 0.6 is 0 Å². The largest absolute Gasteiger partial charge is 0.344 e. The fourth-order valence-electron chi connectivity index (χ4n) is 0. The van der Waals surface area contributed by atoms with Gasteiger partial charge in [0.05, 0.1) is 0 Å². The summed E-state index contributed by atoms with van der Waals surface area (Å²) in [6, 6.07) is 0. The van der Waals surface area contributed by atoms with Crippen LogP contribution in [0.5, 0.6) is 0 Å². The Morgan fingerprint density at radius 1 is 0.800 bits per heavy atom. The molecule has 0 aliphatic rings. The van der Waals surface area contributed by atoms with E-state index in [0.717, 1.165) is 0 Å². The van der Waals surface area contributed by atoms with Crippen molar-refractivity contribution in [2.45, 2.75) is 0 Å². The van der Waals surface area contributed by atoms with E-state index >= 15 is 0 Å². The second kappa shape index (κ2) is 402. The molecule has 0 saturated heterocycles. The van der Waals surface area contributed by atoms with Crippen LogP contribution in [0.25, 0.3) is 0 Å². The second-order valence-corrected chi connectivity index (χ2v) is 0. The van der Waals surface area contributed by atoms with Crippen molar-refractivity contribution in [1.82, 2.24) is 12.3 Å². The Labute approximate surface area is 47.1 Å². The van der Waals surface area contributed by atoms with Crippen molar-refractivity contribution in [1.29, 1.82) is 0 Å². The average molecular weight is 257 g/mol. The minimum Gasteiger partial charge on any atom is -0.344 e. The van der Waals surface area contributed by atoms with Gasteiger partial charge in [-0.05, 0) is 0 Å². The van der Waals surface area contributed by atoms with Crippen molar-refractivity contribution in [3.05, 3.63) is 13.2 Å². The van der Waals surface area contributed by atoms with Crippen molar-refractivity contribution in [3.8, 4) is 0 Å². The molecule has 0 rings (SSSR count). The molecule has 38 valence electrons. The quantitative estimate of drug-likeness (QED) is 0.638. The molecule has 0 atom stereocenters. The number of rotatable bonds is 0. The summed E-state index contributed by atoms with van der Waals surface area (Å²) in [4.78, 5) is 0. The Bertz CT molecular complexity index is 7.61. The molecule has 2 nitrogen and oxygen atoms in total. The molecule has 0 unspecified atom stereocenters. The molecule has 0 aliphatic heterocycles. The molecule has 0 heterocycles. The van der Waals surface area contributed by atoms with Gasteiger partial charge >= 0.3 is 0 Å². The molecule has 5 heavy (non-hydrogen) atoms. The predicted octanol–water partition coefficient (Wildman–Crippen LogP) is 1.12. The van der Waals surface area contributed by atoms with Gasteiger partial charge < -0.3 is 12.3 Å². The minimum atomic E-state index is 0. The van der Waals surface area contributed by atoms with Crippen LogP contribution in [-0.4, -0.2) is 0 Å². The molecule has 0 spiro atoms. The third-order valence-electron chi connectivity index (χ3n) is 0. The van der Waals surface area contributed by atoms with Crippen molar-refractivity contribution in [2.24, 2.45) is 0 Å². The van der Waals surface area contributed by atoms with Gasteiger partial charge in [0.2, 0.25) is 0 Å². The van der Waals surface area contributed by atoms with Gasteiger partial charge in [-0.25, -0.2) is 0 Å². The summed E-state index contributed by atoms with van der Waals surface area (Å²) in [5, 5.41) is 0. The molecule has 0 amide bonds. The topological polar surface area (TPSA) is 70.0 Å². The van der Waals surface area contributed by atoms with E-state index in [-0.39, 0.29) is 33.4 Å². The zero-order valence-electron chi connectivity index (χ0n) is 3.14. The maximum absolute atomic E-state index is 3.00. The first kappa shape index (κ1) is 55.6. The fraction of sp³-hybridized carbons (Fsp3) is 0. The molecule has 0 bridgehead atoms. The molecule has 0 radical (unpaired) electrons. The maximum Gasteiger partial charge on any atom is 0 e. The van der Waals surface area contributed by atoms with E-state index in [2.05, 4.69) is 13.2 Å². The SMILES string of the molecule is C=C.N.N.[Pt]. The molecule has 3 heteroatoms. The standard InChI is InChI=1S/C2H4.2H3N.Pt/c1-2;;;/h1-2H2;2*1H3;. The van der Waals surface area contributed by atoms with Crippen LogP contribution in [0.15, 0.2) is 13.2 Å². The Hall–Kier alpha value is 0.348. The predicted molar refractivity (Wildman–Crippen MR) is 21.3 cm³/mol. The summed E-state index contributed by atoms with van der Waals surface area (Å²) in [6.45, 7) is 6.00. The fourth-order valence-corrected chi connectivity index (χ4v) is 0. The zero-order chi connectivity index (χ0) is 2.00. The van der Waals surface area contributed by atoms with Crippen molar-refractivity contribution >= 4 is 0 Å². The van der Waals surface area contributed by atoms with Crippen molar-refractivity contribution in [2.75, 3.05) is 0 Å². The third-order valence-corrected chi connectivity index (χ3v) is 0. The average Bonchev–Trinajstić information content (AvgIpc) is 1.00. The van der Waals surface area contributed by atoms with Crippen molar-refractivity contribution in [3.63, 3.8) is 0 Å². The van der Waals surface area contributed by atoms with Gasteiger partial charge in [0.1, 0.15) is 0 Å². The Kier molecular flexibility index (Phi) is 4470. The molecule has 0 aromatic rings. The first-order valence-electron chi connectivity index (χ1n) is 0.500. The molecule has 0 aromatic carbocycles. The van der Waals surface area contributed by atoms with Crippen LogP contribution < -0.4 is 12.3 Å². The van der Waals surface area contributed by atoms with Crippen molar-refractivity contribution < 1.29 is 21.1 Å². The van der Waals surface area contributed by atoms with Gasteiger partial charge in [-0.15, -0.1) is 13.2 Å². The zero-order valence-corrected chi connectivity index (χ0v) is 5.42. The van der Waals surface area contributed by atoms with E-state index in [4.69, 9.17) is 0 Å². The normalized spacial score (nSPS) is 0.800. The van der Waals surface area contributed by atoms with Gasteiger partial charge in [-0.1, -0.05) is 0 Å². The minimum absolute atomic E-state index is 0. The molecule has 6 N–H and O–H groups in total. The summed E-state index contributed by atoms with van der Waals surface area (Å²) >= 11 is 0. The van der Waals surface area contributed by atoms with Gasteiger partial charge in [-0.3, -0.25) is 0 Å². The number of hydrogen-bond donors (Lipinski definition) is 2. The second-order valence-electron chi connectivity index (χ2n) is 0. The summed E-state index contributed by atoms with van der Waals surface area (Å²) < 4.78 is 0. The van der Waals surface area contributed by atoms with Crippen LogP contribution in [0.3, 0.4) is 0 Å². The summed E-state index contributed by atoms with van der Waals surface area (Å²) in [7, 11) is 0. The number of hydrogen-bond acceptors (Lipinski definition) is 2. The van der Waals surface area contributed by atoms with E-state index < -0.39 is 0 Å². The van der Waals surface area contributed by atoms with Gasteiger partial charge in [-0.2, -0.15) is 0 Å². The van der Waals surface area contributed by atoms with Gasteiger partial charge in [0.15, 0.2) is 0 Å². The van der Waals surface area contributed by atoms with E-state index in [9.17, 15) is 0 Å². The molecule has 0 aliphatic carbocycles. The first-order chi connectivity index (χ1) is 1.00. The smallest absolute Gasteiger partial charge is 0 e. The van der Waals surface area contributed by atoms with Crippen LogP contribution in [0.2, 0.25) is 0 Å². The van der Waals surface area contributed by atoms with Gasteiger partial charge in [0, 0.05) is 21.1 Å². The van der Waals surface area contributed by atoms with E-state index in [1.807, 2.05) is 0 Å². The van der Waals surface area contributed by atoms with Crippen LogP contribution in [0.1, 0.15) is 0 Å². The maximum atomic E-state index is 3.00. The monoisotopic (exact) mass is 257 g/mol.